The summed E-state index contributed by atoms with van der Waals surface area (Å²) in [6, 6.07) is 16.1. The van der Waals surface area contributed by atoms with Crippen molar-refractivity contribution in [3.05, 3.63) is 65.2 Å². The molecular formula is C27H37F3N2O2. The van der Waals surface area contributed by atoms with E-state index < -0.39 is 12.5 Å². The van der Waals surface area contributed by atoms with E-state index in [1.54, 1.807) is 4.90 Å². The molecule has 188 valence electrons. The van der Waals surface area contributed by atoms with Gasteiger partial charge in [0.15, 0.2) is 0 Å². The highest BCUT2D eigenvalue weighted by Gasteiger charge is 2.34. The molecule has 0 aromatic heterocycles. The summed E-state index contributed by atoms with van der Waals surface area (Å²) in [7, 11) is 0. The number of fused-ring (bicyclic) bond motifs is 1. The van der Waals surface area contributed by atoms with Crippen molar-refractivity contribution in [3.8, 4) is 5.75 Å². The Balaban J connectivity index is 0.000000196. The van der Waals surface area contributed by atoms with Crippen LogP contribution in [0.4, 0.5) is 13.2 Å². The molecule has 0 saturated carbocycles. The number of aryl methyl sites for hydroxylation is 1. The number of nitrogens with zero attached hydrogens (tertiary/aromatic N) is 2. The Hall–Kier alpha value is -2.09. The highest BCUT2D eigenvalue weighted by molar-refractivity contribution is 5.34. The zero-order chi connectivity index (χ0) is 24.6. The molecule has 2 heterocycles. The number of alkyl halides is 3. The standard InChI is InChI=1S/C15H21F2NO.C12H16FNO/c1-3-12-4-5-13-8-18(9-15(16,17)10-19)11(2)6-14(13)7-12;13-8-11-9-14(10-11)6-7-15-12-4-2-1-3-5-12/h4-5,7,11,19H,3,6,8-10H2,1-2H3;1-5,11H,6-10H2. The molecule has 2 aliphatic rings. The lowest BCUT2D eigenvalue weighted by molar-refractivity contribution is -0.0818. The minimum Gasteiger partial charge on any atom is -0.492 e. The van der Waals surface area contributed by atoms with Gasteiger partial charge in [0, 0.05) is 38.1 Å². The Morgan fingerprint density at radius 3 is 2.47 bits per heavy atom. The second kappa shape index (κ2) is 12.6. The molecule has 2 aromatic rings. The fourth-order valence-electron chi connectivity index (χ4n) is 4.39. The first kappa shape index (κ1) is 26.5. The van der Waals surface area contributed by atoms with Gasteiger partial charge >= 0.3 is 0 Å². The summed E-state index contributed by atoms with van der Waals surface area (Å²) in [6.07, 6.45) is 1.79. The fraction of sp³-hybridized carbons (Fsp3) is 0.556. The van der Waals surface area contributed by atoms with Gasteiger partial charge in [0.1, 0.15) is 19.0 Å². The maximum atomic E-state index is 13.3. The molecule has 4 nitrogen and oxygen atoms in total. The summed E-state index contributed by atoms with van der Waals surface area (Å²) in [5, 5.41) is 8.70. The number of aliphatic hydroxyl groups excluding tert-OH is 1. The molecule has 7 heteroatoms. The van der Waals surface area contributed by atoms with E-state index in [1.165, 1.54) is 11.1 Å². The molecule has 0 aliphatic carbocycles. The number of aliphatic hydroxyl groups is 1. The second-order valence-corrected chi connectivity index (χ2v) is 9.37. The monoisotopic (exact) mass is 478 g/mol. The Labute approximate surface area is 201 Å². The lowest BCUT2D eigenvalue weighted by Crippen LogP contribution is -2.49. The number of para-hydroxylation sites is 1. The fourth-order valence-corrected chi connectivity index (χ4v) is 4.39. The number of rotatable bonds is 9. The van der Waals surface area contributed by atoms with Gasteiger partial charge in [-0.25, -0.2) is 8.78 Å². The lowest BCUT2D eigenvalue weighted by atomic mass is 9.92. The Bertz CT molecular complexity index is 875. The van der Waals surface area contributed by atoms with E-state index >= 15 is 0 Å². The molecule has 1 fully saturated rings. The third kappa shape index (κ3) is 7.72. The van der Waals surface area contributed by atoms with Crippen molar-refractivity contribution < 1.29 is 23.0 Å². The lowest BCUT2D eigenvalue weighted by Gasteiger charge is -2.37. The van der Waals surface area contributed by atoms with E-state index in [1.807, 2.05) is 43.3 Å². The van der Waals surface area contributed by atoms with Gasteiger partial charge in [-0.3, -0.25) is 14.2 Å². The first-order valence-electron chi connectivity index (χ1n) is 12.1. The molecule has 2 aromatic carbocycles. The van der Waals surface area contributed by atoms with Crippen molar-refractivity contribution in [2.24, 2.45) is 5.92 Å². The van der Waals surface area contributed by atoms with Crippen LogP contribution in [0.1, 0.15) is 30.5 Å². The summed E-state index contributed by atoms with van der Waals surface area (Å²) in [6.45, 7) is 6.32. The van der Waals surface area contributed by atoms with Crippen molar-refractivity contribution in [1.29, 1.82) is 0 Å². The van der Waals surface area contributed by atoms with Gasteiger partial charge in [-0.05, 0) is 48.6 Å². The normalized spacial score (nSPS) is 19.1. The van der Waals surface area contributed by atoms with Crippen molar-refractivity contribution in [3.63, 3.8) is 0 Å². The quantitative estimate of drug-likeness (QED) is 0.572. The third-order valence-corrected chi connectivity index (χ3v) is 6.53. The molecule has 2 aliphatic heterocycles. The van der Waals surface area contributed by atoms with E-state index in [2.05, 4.69) is 24.0 Å². The van der Waals surface area contributed by atoms with Gasteiger partial charge in [0.25, 0.3) is 5.92 Å². The SMILES string of the molecule is CCc1ccc2c(c1)CC(C)N(CC(F)(F)CO)C2.FCC1CN(CCOc2ccccc2)C1. The number of halogens is 3. The average Bonchev–Trinajstić information content (AvgIpc) is 2.81. The Morgan fingerprint density at radius 2 is 1.82 bits per heavy atom. The van der Waals surface area contributed by atoms with Crippen LogP contribution in [0.15, 0.2) is 48.5 Å². The Kier molecular flexibility index (Phi) is 9.80. The van der Waals surface area contributed by atoms with Crippen LogP contribution in [0.25, 0.3) is 0 Å². The smallest absolute Gasteiger partial charge is 0.283 e. The van der Waals surface area contributed by atoms with Crippen molar-refractivity contribution >= 4 is 0 Å². The number of hydrogen-bond donors (Lipinski definition) is 1. The van der Waals surface area contributed by atoms with Gasteiger partial charge in [-0.15, -0.1) is 0 Å². The third-order valence-electron chi connectivity index (χ3n) is 6.53. The van der Waals surface area contributed by atoms with Gasteiger partial charge in [0.2, 0.25) is 0 Å². The molecule has 34 heavy (non-hydrogen) atoms. The van der Waals surface area contributed by atoms with Crippen LogP contribution in [-0.2, 0) is 19.4 Å². The topological polar surface area (TPSA) is 35.9 Å². The van der Waals surface area contributed by atoms with Crippen LogP contribution < -0.4 is 4.74 Å². The summed E-state index contributed by atoms with van der Waals surface area (Å²) in [4.78, 5) is 3.97. The highest BCUT2D eigenvalue weighted by Crippen LogP contribution is 2.27. The zero-order valence-corrected chi connectivity index (χ0v) is 20.2. The van der Waals surface area contributed by atoms with Crippen molar-refractivity contribution in [1.82, 2.24) is 9.80 Å². The predicted octanol–water partition coefficient (Wildman–Crippen LogP) is 4.59. The van der Waals surface area contributed by atoms with Crippen molar-refractivity contribution in [2.45, 2.75) is 45.2 Å². The van der Waals surface area contributed by atoms with Crippen LogP contribution in [-0.4, -0.2) is 72.9 Å². The maximum absolute atomic E-state index is 13.3. The number of hydrogen-bond acceptors (Lipinski definition) is 4. The molecule has 0 spiro atoms. The first-order valence-corrected chi connectivity index (χ1v) is 12.1. The summed E-state index contributed by atoms with van der Waals surface area (Å²) < 4.78 is 44.3. The van der Waals surface area contributed by atoms with Gasteiger partial charge in [0.05, 0.1) is 13.2 Å². The molecule has 4 rings (SSSR count). The molecule has 1 N–H and O–H groups in total. The van der Waals surface area contributed by atoms with E-state index in [-0.39, 0.29) is 25.2 Å². The Morgan fingerprint density at radius 1 is 1.09 bits per heavy atom. The maximum Gasteiger partial charge on any atom is 0.283 e. The van der Waals surface area contributed by atoms with E-state index in [0.29, 0.717) is 13.2 Å². The molecule has 1 saturated heterocycles. The first-order chi connectivity index (χ1) is 16.3. The van der Waals surface area contributed by atoms with Crippen LogP contribution in [0, 0.1) is 5.92 Å². The molecule has 0 radical (unpaired) electrons. The largest absolute Gasteiger partial charge is 0.492 e. The van der Waals surface area contributed by atoms with Gasteiger partial charge < -0.3 is 9.84 Å². The van der Waals surface area contributed by atoms with E-state index in [9.17, 15) is 13.2 Å². The minimum absolute atomic E-state index is 0.0806. The zero-order valence-electron chi connectivity index (χ0n) is 20.2. The molecule has 0 amide bonds. The van der Waals surface area contributed by atoms with Crippen LogP contribution in [0.5, 0.6) is 5.75 Å². The van der Waals surface area contributed by atoms with E-state index in [0.717, 1.165) is 43.8 Å². The summed E-state index contributed by atoms with van der Waals surface area (Å²) >= 11 is 0. The highest BCUT2D eigenvalue weighted by atomic mass is 19.3. The predicted molar refractivity (Wildman–Crippen MR) is 129 cm³/mol. The van der Waals surface area contributed by atoms with Gasteiger partial charge in [-0.2, -0.15) is 0 Å². The van der Waals surface area contributed by atoms with Crippen LogP contribution >= 0.6 is 0 Å². The number of ether oxygens (including phenoxy) is 1. The van der Waals surface area contributed by atoms with Crippen LogP contribution in [0.3, 0.4) is 0 Å². The minimum atomic E-state index is -3.02. The molecule has 1 unspecified atom stereocenters. The second-order valence-electron chi connectivity index (χ2n) is 9.37. The summed E-state index contributed by atoms with van der Waals surface area (Å²) in [5.74, 6) is -1.85. The molecule has 1 atom stereocenters. The number of benzene rings is 2. The summed E-state index contributed by atoms with van der Waals surface area (Å²) in [5.41, 5.74) is 3.69. The van der Waals surface area contributed by atoms with E-state index in [4.69, 9.17) is 9.84 Å². The van der Waals surface area contributed by atoms with Crippen molar-refractivity contribution in [2.75, 3.05) is 46.1 Å². The van der Waals surface area contributed by atoms with Crippen LogP contribution in [0.2, 0.25) is 0 Å². The molecular weight excluding hydrogens is 441 g/mol. The van der Waals surface area contributed by atoms with Gasteiger partial charge in [-0.1, -0.05) is 43.3 Å². The molecule has 0 bridgehead atoms. The number of likely N-dealkylation sites (tertiary alicyclic amines) is 1. The average molecular weight is 479 g/mol.